The zero-order chi connectivity index (χ0) is 15.3. The van der Waals surface area contributed by atoms with Crippen LogP contribution in [0.15, 0.2) is 30.3 Å². The van der Waals surface area contributed by atoms with Crippen molar-refractivity contribution in [1.29, 1.82) is 0 Å². The Morgan fingerprint density at radius 3 is 2.27 bits per heavy atom. The van der Waals surface area contributed by atoms with Gasteiger partial charge in [-0.15, -0.1) is 0 Å². The predicted octanol–water partition coefficient (Wildman–Crippen LogP) is 5.35. The van der Waals surface area contributed by atoms with Gasteiger partial charge in [0.05, 0.1) is 5.56 Å². The molecule has 0 unspecified atom stereocenters. The SMILES string of the molecule is FC(F)(F)c1ccc2c(c1)CCc1c-2ccc2c1CCCC2. The second-order valence-corrected chi connectivity index (χ2v) is 6.31. The average Bonchev–Trinajstić information content (AvgIpc) is 2.52. The standard InChI is InChI=1S/C19H17F3/c20-19(21,22)14-7-10-16-13(11-14)6-9-17-15-4-2-1-3-12(15)5-8-18(16)17/h5,7-8,10-11H,1-4,6,9H2. The Morgan fingerprint density at radius 1 is 0.682 bits per heavy atom. The summed E-state index contributed by atoms with van der Waals surface area (Å²) in [6.07, 6.45) is 2.05. The highest BCUT2D eigenvalue weighted by Gasteiger charge is 2.32. The fourth-order valence-corrected chi connectivity index (χ4v) is 3.94. The number of halogens is 3. The van der Waals surface area contributed by atoms with Crippen LogP contribution in [0.4, 0.5) is 13.2 Å². The Kier molecular flexibility index (Phi) is 3.07. The van der Waals surface area contributed by atoms with E-state index in [0.717, 1.165) is 36.0 Å². The Balaban J connectivity index is 1.85. The van der Waals surface area contributed by atoms with Crippen molar-refractivity contribution in [2.75, 3.05) is 0 Å². The molecule has 114 valence electrons. The quantitative estimate of drug-likeness (QED) is 0.615. The minimum atomic E-state index is -4.26. The van der Waals surface area contributed by atoms with Crippen LogP contribution >= 0.6 is 0 Å². The first-order valence-corrected chi connectivity index (χ1v) is 7.88. The molecule has 0 bridgehead atoms. The molecule has 0 nitrogen and oxygen atoms in total. The fraction of sp³-hybridized carbons (Fsp3) is 0.368. The van der Waals surface area contributed by atoms with Crippen molar-refractivity contribution >= 4 is 0 Å². The van der Waals surface area contributed by atoms with Crippen molar-refractivity contribution in [2.45, 2.75) is 44.7 Å². The summed E-state index contributed by atoms with van der Waals surface area (Å²) in [4.78, 5) is 0. The second-order valence-electron chi connectivity index (χ2n) is 6.31. The highest BCUT2D eigenvalue weighted by molar-refractivity contribution is 5.75. The first kappa shape index (κ1) is 13.9. The summed E-state index contributed by atoms with van der Waals surface area (Å²) in [5.41, 5.74) is 6.73. The van der Waals surface area contributed by atoms with Gasteiger partial charge in [-0.1, -0.05) is 18.2 Å². The molecule has 3 heteroatoms. The number of hydrogen-bond donors (Lipinski definition) is 0. The Morgan fingerprint density at radius 2 is 1.45 bits per heavy atom. The van der Waals surface area contributed by atoms with Crippen molar-refractivity contribution in [3.63, 3.8) is 0 Å². The van der Waals surface area contributed by atoms with Crippen LogP contribution in [0.3, 0.4) is 0 Å². The van der Waals surface area contributed by atoms with Crippen LogP contribution in [0.2, 0.25) is 0 Å². The smallest absolute Gasteiger partial charge is 0.166 e. The molecule has 0 N–H and O–H groups in total. The summed E-state index contributed by atoms with van der Waals surface area (Å²) >= 11 is 0. The Bertz CT molecular complexity index is 741. The third-order valence-electron chi connectivity index (χ3n) is 5.02. The molecular formula is C19H17F3. The largest absolute Gasteiger partial charge is 0.416 e. The van der Waals surface area contributed by atoms with Crippen LogP contribution in [-0.4, -0.2) is 0 Å². The van der Waals surface area contributed by atoms with E-state index in [-0.39, 0.29) is 0 Å². The van der Waals surface area contributed by atoms with E-state index in [0.29, 0.717) is 6.42 Å². The van der Waals surface area contributed by atoms with E-state index >= 15 is 0 Å². The topological polar surface area (TPSA) is 0 Å². The first-order chi connectivity index (χ1) is 10.5. The van der Waals surface area contributed by atoms with Gasteiger partial charge in [0, 0.05) is 0 Å². The molecule has 0 amide bonds. The first-order valence-electron chi connectivity index (χ1n) is 7.88. The molecule has 2 aliphatic carbocycles. The molecular weight excluding hydrogens is 285 g/mol. The van der Waals surface area contributed by atoms with E-state index in [1.54, 1.807) is 6.07 Å². The summed E-state index contributed by atoms with van der Waals surface area (Å²) in [6, 6.07) is 8.50. The summed E-state index contributed by atoms with van der Waals surface area (Å²) in [5.74, 6) is 0. The van der Waals surface area contributed by atoms with Gasteiger partial charge < -0.3 is 0 Å². The molecule has 2 aromatic rings. The molecule has 0 saturated carbocycles. The lowest BCUT2D eigenvalue weighted by atomic mass is 9.78. The summed E-state index contributed by atoms with van der Waals surface area (Å²) < 4.78 is 38.6. The minimum absolute atomic E-state index is 0.535. The number of aryl methyl sites for hydroxylation is 2. The summed E-state index contributed by atoms with van der Waals surface area (Å²) in [5, 5.41) is 0. The van der Waals surface area contributed by atoms with Gasteiger partial charge in [-0.2, -0.15) is 13.2 Å². The minimum Gasteiger partial charge on any atom is -0.166 e. The van der Waals surface area contributed by atoms with Crippen molar-refractivity contribution in [3.05, 3.63) is 58.1 Å². The number of fused-ring (bicyclic) bond motifs is 5. The third-order valence-corrected chi connectivity index (χ3v) is 5.02. The van der Waals surface area contributed by atoms with E-state index < -0.39 is 11.7 Å². The van der Waals surface area contributed by atoms with Gasteiger partial charge in [0.2, 0.25) is 0 Å². The van der Waals surface area contributed by atoms with Crippen molar-refractivity contribution in [3.8, 4) is 11.1 Å². The third kappa shape index (κ3) is 2.15. The van der Waals surface area contributed by atoms with Crippen molar-refractivity contribution in [2.24, 2.45) is 0 Å². The summed E-state index contributed by atoms with van der Waals surface area (Å²) in [7, 11) is 0. The lowest BCUT2D eigenvalue weighted by molar-refractivity contribution is -0.137. The molecule has 0 aromatic heterocycles. The van der Waals surface area contributed by atoms with Crippen LogP contribution in [-0.2, 0) is 31.9 Å². The van der Waals surface area contributed by atoms with E-state index in [1.807, 2.05) is 0 Å². The van der Waals surface area contributed by atoms with E-state index in [9.17, 15) is 13.2 Å². The number of benzene rings is 2. The highest BCUT2D eigenvalue weighted by Crippen LogP contribution is 2.40. The van der Waals surface area contributed by atoms with Gasteiger partial charge in [0.1, 0.15) is 0 Å². The molecule has 22 heavy (non-hydrogen) atoms. The fourth-order valence-electron chi connectivity index (χ4n) is 3.94. The molecule has 0 spiro atoms. The van der Waals surface area contributed by atoms with Gasteiger partial charge in [0.25, 0.3) is 0 Å². The number of alkyl halides is 3. The maximum Gasteiger partial charge on any atom is 0.416 e. The lowest BCUT2D eigenvalue weighted by Crippen LogP contribution is -2.13. The monoisotopic (exact) mass is 302 g/mol. The molecule has 0 radical (unpaired) electrons. The van der Waals surface area contributed by atoms with Gasteiger partial charge >= 0.3 is 6.18 Å². The van der Waals surface area contributed by atoms with Crippen LogP contribution in [0.25, 0.3) is 11.1 Å². The number of rotatable bonds is 0. The van der Waals surface area contributed by atoms with Crippen molar-refractivity contribution in [1.82, 2.24) is 0 Å². The lowest BCUT2D eigenvalue weighted by Gasteiger charge is -2.27. The molecule has 0 heterocycles. The molecule has 0 fully saturated rings. The van der Waals surface area contributed by atoms with Crippen LogP contribution in [0, 0.1) is 0 Å². The molecule has 0 atom stereocenters. The number of hydrogen-bond acceptors (Lipinski definition) is 0. The molecule has 0 aliphatic heterocycles. The molecule has 4 rings (SSSR count). The maximum atomic E-state index is 12.9. The Hall–Kier alpha value is -1.77. The van der Waals surface area contributed by atoms with Gasteiger partial charge in [-0.05, 0) is 84.0 Å². The van der Waals surface area contributed by atoms with E-state index in [2.05, 4.69) is 12.1 Å². The van der Waals surface area contributed by atoms with Crippen LogP contribution in [0.1, 0.15) is 40.7 Å². The maximum absolute atomic E-state index is 12.9. The highest BCUT2D eigenvalue weighted by atomic mass is 19.4. The van der Waals surface area contributed by atoms with Gasteiger partial charge in [-0.25, -0.2) is 0 Å². The van der Waals surface area contributed by atoms with E-state index in [1.165, 1.54) is 41.7 Å². The van der Waals surface area contributed by atoms with Crippen molar-refractivity contribution < 1.29 is 13.2 Å². The van der Waals surface area contributed by atoms with Gasteiger partial charge in [0.15, 0.2) is 0 Å². The normalized spacial score (nSPS) is 16.7. The zero-order valence-corrected chi connectivity index (χ0v) is 12.3. The van der Waals surface area contributed by atoms with Crippen LogP contribution < -0.4 is 0 Å². The van der Waals surface area contributed by atoms with Crippen LogP contribution in [0.5, 0.6) is 0 Å². The second kappa shape index (κ2) is 4.87. The molecule has 0 saturated heterocycles. The zero-order valence-electron chi connectivity index (χ0n) is 12.3. The summed E-state index contributed by atoms with van der Waals surface area (Å²) in [6.45, 7) is 0. The Labute approximate surface area is 128 Å². The molecule has 2 aromatic carbocycles. The average molecular weight is 302 g/mol. The van der Waals surface area contributed by atoms with E-state index in [4.69, 9.17) is 0 Å². The predicted molar refractivity (Wildman–Crippen MR) is 80.9 cm³/mol. The van der Waals surface area contributed by atoms with Gasteiger partial charge in [-0.3, -0.25) is 0 Å². The molecule has 2 aliphatic rings.